The van der Waals surface area contributed by atoms with Gasteiger partial charge in [-0.1, -0.05) is 30.3 Å². The van der Waals surface area contributed by atoms with E-state index < -0.39 is 0 Å². The van der Waals surface area contributed by atoms with E-state index in [1.807, 2.05) is 6.92 Å². The van der Waals surface area contributed by atoms with E-state index in [1.165, 1.54) is 5.56 Å². The molecule has 1 heterocycles. The molecular formula is C21H34N4O2. The van der Waals surface area contributed by atoms with Crippen molar-refractivity contribution < 1.29 is 9.53 Å². The average Bonchev–Trinajstić information content (AvgIpc) is 2.67. The first-order chi connectivity index (χ1) is 13.1. The van der Waals surface area contributed by atoms with Crippen molar-refractivity contribution in [1.82, 2.24) is 15.5 Å². The molecule has 1 aromatic carbocycles. The summed E-state index contributed by atoms with van der Waals surface area (Å²) in [5, 5.41) is 6.83. The van der Waals surface area contributed by atoms with Gasteiger partial charge in [0.05, 0.1) is 6.61 Å². The van der Waals surface area contributed by atoms with Crippen LogP contribution in [0.5, 0.6) is 0 Å². The summed E-state index contributed by atoms with van der Waals surface area (Å²) in [4.78, 5) is 18.2. The number of benzene rings is 1. The third kappa shape index (κ3) is 7.59. The first-order valence-corrected chi connectivity index (χ1v) is 10.0. The summed E-state index contributed by atoms with van der Waals surface area (Å²) in [5.41, 5.74) is 1.37. The molecule has 1 aromatic rings. The second-order valence-corrected chi connectivity index (χ2v) is 7.08. The number of hydrogen-bond acceptors (Lipinski definition) is 4. The van der Waals surface area contributed by atoms with E-state index in [-0.39, 0.29) is 5.97 Å². The number of rotatable bonds is 8. The molecule has 0 amide bonds. The van der Waals surface area contributed by atoms with E-state index in [0.717, 1.165) is 38.3 Å². The fourth-order valence-corrected chi connectivity index (χ4v) is 3.47. The van der Waals surface area contributed by atoms with Gasteiger partial charge in [-0.05, 0) is 38.7 Å². The Labute approximate surface area is 163 Å². The molecule has 1 fully saturated rings. The van der Waals surface area contributed by atoms with Gasteiger partial charge < -0.3 is 15.4 Å². The smallest absolute Gasteiger partial charge is 0.305 e. The van der Waals surface area contributed by atoms with E-state index in [9.17, 15) is 4.79 Å². The molecule has 1 aliphatic rings. The van der Waals surface area contributed by atoms with E-state index in [1.54, 1.807) is 7.05 Å². The number of piperidine rings is 1. The largest absolute Gasteiger partial charge is 0.466 e. The highest BCUT2D eigenvalue weighted by atomic mass is 16.5. The molecule has 0 aromatic heterocycles. The number of ether oxygens (including phenoxy) is 1. The normalized spacial score (nSPS) is 20.9. The number of guanidine groups is 1. The van der Waals surface area contributed by atoms with Crippen LogP contribution in [0, 0.1) is 0 Å². The van der Waals surface area contributed by atoms with Crippen molar-refractivity contribution >= 4 is 11.9 Å². The molecule has 2 unspecified atom stereocenters. The number of hydrogen-bond donors (Lipinski definition) is 2. The Morgan fingerprint density at radius 2 is 2.11 bits per heavy atom. The topological polar surface area (TPSA) is 66.0 Å². The van der Waals surface area contributed by atoms with E-state index in [2.05, 4.69) is 57.8 Å². The van der Waals surface area contributed by atoms with Crippen LogP contribution in [0.25, 0.3) is 0 Å². The summed E-state index contributed by atoms with van der Waals surface area (Å²) in [6.07, 6.45) is 3.37. The zero-order valence-electron chi connectivity index (χ0n) is 16.9. The molecule has 1 aliphatic heterocycles. The van der Waals surface area contributed by atoms with Crippen LogP contribution >= 0.6 is 0 Å². The van der Waals surface area contributed by atoms with Gasteiger partial charge in [-0.3, -0.25) is 14.7 Å². The Morgan fingerprint density at radius 1 is 1.33 bits per heavy atom. The fraction of sp³-hybridized carbons (Fsp3) is 0.619. The second kappa shape index (κ2) is 11.6. The van der Waals surface area contributed by atoms with Crippen molar-refractivity contribution in [2.24, 2.45) is 4.99 Å². The lowest BCUT2D eigenvalue weighted by molar-refractivity contribution is -0.143. The maximum Gasteiger partial charge on any atom is 0.305 e. The molecule has 0 aliphatic carbocycles. The van der Waals surface area contributed by atoms with Gasteiger partial charge in [-0.2, -0.15) is 0 Å². The van der Waals surface area contributed by atoms with Crippen LogP contribution in [-0.2, 0) is 16.1 Å². The maximum atomic E-state index is 11.4. The predicted molar refractivity (Wildman–Crippen MR) is 110 cm³/mol. The molecule has 0 spiro atoms. The highest BCUT2D eigenvalue weighted by molar-refractivity contribution is 5.80. The predicted octanol–water partition coefficient (Wildman–Crippen LogP) is 2.55. The molecule has 6 nitrogen and oxygen atoms in total. The van der Waals surface area contributed by atoms with Gasteiger partial charge in [0.15, 0.2) is 5.96 Å². The standard InChI is InChI=1S/C21H34N4O2/c1-4-27-20(26)11-8-13-23-21(22-3)24-19-12-14-25(17(2)15-19)16-18-9-6-5-7-10-18/h5-7,9-10,17,19H,4,8,11-16H2,1-3H3,(H2,22,23,24). The first kappa shape index (κ1) is 21.2. The number of likely N-dealkylation sites (tertiary alicyclic amines) is 1. The highest BCUT2D eigenvalue weighted by Crippen LogP contribution is 2.19. The monoisotopic (exact) mass is 374 g/mol. The van der Waals surface area contributed by atoms with Crippen LogP contribution < -0.4 is 10.6 Å². The summed E-state index contributed by atoms with van der Waals surface area (Å²) in [6.45, 7) is 7.36. The minimum absolute atomic E-state index is 0.137. The quantitative estimate of drug-likeness (QED) is 0.317. The molecule has 6 heteroatoms. The van der Waals surface area contributed by atoms with E-state index in [0.29, 0.717) is 31.7 Å². The van der Waals surface area contributed by atoms with Crippen LogP contribution in [-0.4, -0.2) is 55.7 Å². The van der Waals surface area contributed by atoms with Crippen molar-refractivity contribution in [3.63, 3.8) is 0 Å². The Morgan fingerprint density at radius 3 is 2.78 bits per heavy atom. The number of esters is 1. The lowest BCUT2D eigenvalue weighted by Gasteiger charge is -2.38. The second-order valence-electron chi connectivity index (χ2n) is 7.08. The lowest BCUT2D eigenvalue weighted by atomic mass is 9.97. The zero-order valence-corrected chi connectivity index (χ0v) is 16.9. The lowest BCUT2D eigenvalue weighted by Crippen LogP contribution is -2.51. The van der Waals surface area contributed by atoms with E-state index >= 15 is 0 Å². The summed E-state index contributed by atoms with van der Waals surface area (Å²) in [5.74, 6) is 0.675. The minimum atomic E-state index is -0.137. The Kier molecular flexibility index (Phi) is 9.11. The third-order valence-corrected chi connectivity index (χ3v) is 4.96. The fourth-order valence-electron chi connectivity index (χ4n) is 3.47. The number of aliphatic imine (C=N–C) groups is 1. The molecule has 27 heavy (non-hydrogen) atoms. The molecule has 0 bridgehead atoms. The third-order valence-electron chi connectivity index (χ3n) is 4.96. The SMILES string of the molecule is CCOC(=O)CCCNC(=NC)NC1CCN(Cc2ccccc2)C(C)C1. The van der Waals surface area contributed by atoms with Crippen LogP contribution in [0.3, 0.4) is 0 Å². The van der Waals surface area contributed by atoms with Crippen LogP contribution in [0.15, 0.2) is 35.3 Å². The number of nitrogens with one attached hydrogen (secondary N) is 2. The van der Waals surface area contributed by atoms with Gasteiger partial charge in [-0.25, -0.2) is 0 Å². The van der Waals surface area contributed by atoms with Crippen LogP contribution in [0.1, 0.15) is 45.1 Å². The number of nitrogens with zero attached hydrogens (tertiary/aromatic N) is 2. The Bertz CT molecular complexity index is 591. The molecule has 2 N–H and O–H groups in total. The summed E-state index contributed by atoms with van der Waals surface area (Å²) >= 11 is 0. The summed E-state index contributed by atoms with van der Waals surface area (Å²) in [6, 6.07) is 11.6. The van der Waals surface area contributed by atoms with Gasteiger partial charge in [0.25, 0.3) is 0 Å². The maximum absolute atomic E-state index is 11.4. The Hall–Kier alpha value is -2.08. The van der Waals surface area contributed by atoms with Crippen LogP contribution in [0.2, 0.25) is 0 Å². The van der Waals surface area contributed by atoms with Gasteiger partial charge in [-0.15, -0.1) is 0 Å². The van der Waals surface area contributed by atoms with Gasteiger partial charge in [0, 0.05) is 45.2 Å². The summed E-state index contributed by atoms with van der Waals surface area (Å²) in [7, 11) is 1.79. The molecule has 2 atom stereocenters. The number of carbonyl (C=O) groups is 1. The molecule has 150 valence electrons. The van der Waals surface area contributed by atoms with E-state index in [4.69, 9.17) is 4.74 Å². The summed E-state index contributed by atoms with van der Waals surface area (Å²) < 4.78 is 4.94. The number of carbonyl (C=O) groups excluding carboxylic acids is 1. The molecule has 2 rings (SSSR count). The first-order valence-electron chi connectivity index (χ1n) is 10.0. The Balaban J connectivity index is 1.70. The van der Waals surface area contributed by atoms with Gasteiger partial charge >= 0.3 is 5.97 Å². The molecule has 0 saturated carbocycles. The van der Waals surface area contributed by atoms with Gasteiger partial charge in [0.2, 0.25) is 0 Å². The minimum Gasteiger partial charge on any atom is -0.466 e. The molecule has 0 radical (unpaired) electrons. The molecule has 1 saturated heterocycles. The van der Waals surface area contributed by atoms with Crippen molar-refractivity contribution in [2.75, 3.05) is 26.7 Å². The van der Waals surface area contributed by atoms with Crippen molar-refractivity contribution in [3.05, 3.63) is 35.9 Å². The van der Waals surface area contributed by atoms with Crippen LogP contribution in [0.4, 0.5) is 0 Å². The van der Waals surface area contributed by atoms with Crippen molar-refractivity contribution in [1.29, 1.82) is 0 Å². The van der Waals surface area contributed by atoms with Gasteiger partial charge in [0.1, 0.15) is 0 Å². The van der Waals surface area contributed by atoms with Crippen molar-refractivity contribution in [2.45, 2.75) is 58.2 Å². The molecular weight excluding hydrogens is 340 g/mol. The van der Waals surface area contributed by atoms with Crippen molar-refractivity contribution in [3.8, 4) is 0 Å². The average molecular weight is 375 g/mol. The highest BCUT2D eigenvalue weighted by Gasteiger charge is 2.25. The zero-order chi connectivity index (χ0) is 19.5.